The van der Waals surface area contributed by atoms with Gasteiger partial charge in [-0.25, -0.2) is 0 Å². The minimum Gasteiger partial charge on any atom is -0.495 e. The Labute approximate surface area is 150 Å². The third-order valence-corrected chi connectivity index (χ3v) is 3.65. The van der Waals surface area contributed by atoms with Gasteiger partial charge in [0.25, 0.3) is 5.91 Å². The summed E-state index contributed by atoms with van der Waals surface area (Å²) >= 11 is 5.95. The number of hydrogen-bond acceptors (Lipinski definition) is 5. The standard InChI is InChI=1S/C18H18ClNO5/c1-11(25-17-8-12(10-21)4-6-16(17)24-3)18(22)20-14-9-13(19)5-7-15(14)23-2/h4-11H,1-3H3,(H,20,22)/t11-/m1/s1. The van der Waals surface area contributed by atoms with Crippen LogP contribution in [0.5, 0.6) is 17.2 Å². The van der Waals surface area contributed by atoms with E-state index in [-0.39, 0.29) is 0 Å². The second kappa shape index (κ2) is 8.39. The Morgan fingerprint density at radius 2 is 1.76 bits per heavy atom. The van der Waals surface area contributed by atoms with E-state index in [0.717, 1.165) is 0 Å². The Morgan fingerprint density at radius 3 is 2.40 bits per heavy atom. The average Bonchev–Trinajstić information content (AvgIpc) is 2.61. The molecule has 0 saturated heterocycles. The van der Waals surface area contributed by atoms with E-state index >= 15 is 0 Å². The zero-order chi connectivity index (χ0) is 18.4. The van der Waals surface area contributed by atoms with Gasteiger partial charge < -0.3 is 19.5 Å². The number of methoxy groups -OCH3 is 2. The lowest BCUT2D eigenvalue weighted by molar-refractivity contribution is -0.122. The van der Waals surface area contributed by atoms with Gasteiger partial charge in [-0.3, -0.25) is 9.59 Å². The number of halogens is 1. The molecular weight excluding hydrogens is 346 g/mol. The lowest BCUT2D eigenvalue weighted by atomic mass is 10.2. The molecule has 7 heteroatoms. The normalized spacial score (nSPS) is 11.4. The lowest BCUT2D eigenvalue weighted by Crippen LogP contribution is -2.30. The van der Waals surface area contributed by atoms with Crippen molar-refractivity contribution in [3.05, 3.63) is 47.0 Å². The topological polar surface area (TPSA) is 73.9 Å². The molecule has 1 atom stereocenters. The van der Waals surface area contributed by atoms with E-state index in [1.807, 2.05) is 0 Å². The summed E-state index contributed by atoms with van der Waals surface area (Å²) in [6, 6.07) is 9.60. The smallest absolute Gasteiger partial charge is 0.265 e. The van der Waals surface area contributed by atoms with Crippen molar-refractivity contribution in [2.75, 3.05) is 19.5 Å². The summed E-state index contributed by atoms with van der Waals surface area (Å²) in [5, 5.41) is 3.17. The van der Waals surface area contributed by atoms with Gasteiger partial charge in [0.1, 0.15) is 12.0 Å². The maximum Gasteiger partial charge on any atom is 0.265 e. The van der Waals surface area contributed by atoms with E-state index in [1.165, 1.54) is 20.3 Å². The highest BCUT2D eigenvalue weighted by Crippen LogP contribution is 2.30. The van der Waals surface area contributed by atoms with Crippen LogP contribution in [0.3, 0.4) is 0 Å². The van der Waals surface area contributed by atoms with E-state index in [9.17, 15) is 9.59 Å². The molecule has 2 aromatic rings. The molecule has 0 spiro atoms. The van der Waals surface area contributed by atoms with Gasteiger partial charge in [-0.05, 0) is 43.3 Å². The number of nitrogens with one attached hydrogen (secondary N) is 1. The fraction of sp³-hybridized carbons (Fsp3) is 0.222. The van der Waals surface area contributed by atoms with Gasteiger partial charge in [-0.2, -0.15) is 0 Å². The molecule has 0 radical (unpaired) electrons. The summed E-state index contributed by atoms with van der Waals surface area (Å²) in [5.74, 6) is 0.794. The highest BCUT2D eigenvalue weighted by Gasteiger charge is 2.19. The molecule has 0 bridgehead atoms. The van der Waals surface area contributed by atoms with E-state index in [2.05, 4.69) is 5.32 Å². The predicted molar refractivity (Wildman–Crippen MR) is 95.1 cm³/mol. The van der Waals surface area contributed by atoms with Crippen molar-refractivity contribution in [3.63, 3.8) is 0 Å². The molecule has 132 valence electrons. The number of carbonyl (C=O) groups is 2. The molecule has 0 aliphatic carbocycles. The van der Waals surface area contributed by atoms with Crippen LogP contribution in [0.1, 0.15) is 17.3 Å². The number of carbonyl (C=O) groups excluding carboxylic acids is 2. The Balaban J connectivity index is 2.16. The first-order chi connectivity index (χ1) is 12.0. The van der Waals surface area contributed by atoms with Crippen LogP contribution < -0.4 is 19.5 Å². The molecule has 0 aliphatic heterocycles. The Bertz CT molecular complexity index is 778. The second-order valence-electron chi connectivity index (χ2n) is 5.12. The lowest BCUT2D eigenvalue weighted by Gasteiger charge is -2.18. The number of hydrogen-bond donors (Lipinski definition) is 1. The maximum atomic E-state index is 12.4. The van der Waals surface area contributed by atoms with Crippen molar-refractivity contribution in [2.24, 2.45) is 0 Å². The quantitative estimate of drug-likeness (QED) is 0.761. The fourth-order valence-electron chi connectivity index (χ4n) is 2.11. The van der Waals surface area contributed by atoms with Gasteiger partial charge in [0.15, 0.2) is 17.6 Å². The molecule has 1 amide bonds. The summed E-state index contributed by atoms with van der Waals surface area (Å²) < 4.78 is 16.0. The molecule has 0 aromatic heterocycles. The van der Waals surface area contributed by atoms with Crippen molar-refractivity contribution < 1.29 is 23.8 Å². The summed E-state index contributed by atoms with van der Waals surface area (Å²) in [5.41, 5.74) is 0.851. The maximum absolute atomic E-state index is 12.4. The monoisotopic (exact) mass is 363 g/mol. The van der Waals surface area contributed by atoms with Gasteiger partial charge in [-0.1, -0.05) is 11.6 Å². The number of rotatable bonds is 7. The third-order valence-electron chi connectivity index (χ3n) is 3.42. The van der Waals surface area contributed by atoms with Crippen LogP contribution in [0.2, 0.25) is 5.02 Å². The zero-order valence-electron chi connectivity index (χ0n) is 14.0. The number of aldehydes is 1. The Hall–Kier alpha value is -2.73. The van der Waals surface area contributed by atoms with Crippen LogP contribution >= 0.6 is 11.6 Å². The molecular formula is C18H18ClNO5. The minimum absolute atomic E-state index is 0.299. The fourth-order valence-corrected chi connectivity index (χ4v) is 2.29. The summed E-state index contributed by atoms with van der Waals surface area (Å²) in [7, 11) is 2.97. The molecule has 0 unspecified atom stereocenters. The highest BCUT2D eigenvalue weighted by atomic mass is 35.5. The Kier molecular flexibility index (Phi) is 6.25. The minimum atomic E-state index is -0.848. The molecule has 25 heavy (non-hydrogen) atoms. The molecule has 6 nitrogen and oxygen atoms in total. The van der Waals surface area contributed by atoms with Crippen LogP contribution in [0, 0.1) is 0 Å². The first kappa shape index (κ1) is 18.6. The van der Waals surface area contributed by atoms with Crippen LogP contribution in [0.25, 0.3) is 0 Å². The van der Waals surface area contributed by atoms with Crippen LogP contribution in [-0.2, 0) is 4.79 Å². The van der Waals surface area contributed by atoms with Crippen LogP contribution in [-0.4, -0.2) is 32.5 Å². The van der Waals surface area contributed by atoms with Gasteiger partial charge in [0.2, 0.25) is 0 Å². The molecule has 1 N–H and O–H groups in total. The van der Waals surface area contributed by atoms with E-state index in [4.69, 9.17) is 25.8 Å². The largest absolute Gasteiger partial charge is 0.495 e. The zero-order valence-corrected chi connectivity index (χ0v) is 14.8. The Morgan fingerprint density at radius 1 is 1.08 bits per heavy atom. The van der Waals surface area contributed by atoms with E-state index in [0.29, 0.717) is 39.8 Å². The van der Waals surface area contributed by atoms with Crippen molar-refractivity contribution in [3.8, 4) is 17.2 Å². The van der Waals surface area contributed by atoms with Gasteiger partial charge in [-0.15, -0.1) is 0 Å². The molecule has 0 aliphatic rings. The van der Waals surface area contributed by atoms with Crippen LogP contribution in [0.15, 0.2) is 36.4 Å². The highest BCUT2D eigenvalue weighted by molar-refractivity contribution is 6.31. The van der Waals surface area contributed by atoms with Crippen molar-refractivity contribution in [1.29, 1.82) is 0 Å². The molecule has 0 saturated carbocycles. The van der Waals surface area contributed by atoms with Gasteiger partial charge in [0, 0.05) is 10.6 Å². The molecule has 0 heterocycles. The summed E-state index contributed by atoms with van der Waals surface area (Å²) in [6.07, 6.45) is -0.159. The van der Waals surface area contributed by atoms with Gasteiger partial charge in [0.05, 0.1) is 19.9 Å². The molecule has 2 rings (SSSR count). The van der Waals surface area contributed by atoms with Crippen molar-refractivity contribution in [2.45, 2.75) is 13.0 Å². The van der Waals surface area contributed by atoms with Gasteiger partial charge >= 0.3 is 0 Å². The molecule has 0 fully saturated rings. The third kappa shape index (κ3) is 4.64. The SMILES string of the molecule is COc1ccc(Cl)cc1NC(=O)[C@@H](C)Oc1cc(C=O)ccc1OC. The number of anilines is 1. The number of ether oxygens (including phenoxy) is 3. The second-order valence-corrected chi connectivity index (χ2v) is 5.56. The number of benzene rings is 2. The van der Waals surface area contributed by atoms with Crippen molar-refractivity contribution >= 4 is 29.5 Å². The summed E-state index contributed by atoms with van der Waals surface area (Å²) in [6.45, 7) is 1.58. The summed E-state index contributed by atoms with van der Waals surface area (Å²) in [4.78, 5) is 23.3. The average molecular weight is 364 g/mol. The first-order valence-electron chi connectivity index (χ1n) is 7.42. The molecule has 2 aromatic carbocycles. The van der Waals surface area contributed by atoms with Crippen molar-refractivity contribution in [1.82, 2.24) is 0 Å². The first-order valence-corrected chi connectivity index (χ1v) is 7.80. The number of amides is 1. The van der Waals surface area contributed by atoms with Crippen LogP contribution in [0.4, 0.5) is 5.69 Å². The predicted octanol–water partition coefficient (Wildman–Crippen LogP) is 3.58. The van der Waals surface area contributed by atoms with E-state index < -0.39 is 12.0 Å². The van der Waals surface area contributed by atoms with E-state index in [1.54, 1.807) is 37.3 Å².